The largest absolute Gasteiger partial charge is 0.461 e. The number of rotatable bonds is 8. The van der Waals surface area contributed by atoms with Crippen LogP contribution in [0.4, 0.5) is 5.69 Å². The Labute approximate surface area is 196 Å². The molecular weight excluding hydrogens is 438 g/mol. The van der Waals surface area contributed by atoms with Crippen molar-refractivity contribution in [3.8, 4) is 6.07 Å². The summed E-state index contributed by atoms with van der Waals surface area (Å²) < 4.78 is 10.8. The molecule has 0 saturated heterocycles. The van der Waals surface area contributed by atoms with Crippen LogP contribution in [0.2, 0.25) is 0 Å². The molecule has 174 valence electrons. The number of hydrogen-bond acceptors (Lipinski definition) is 8. The van der Waals surface area contributed by atoms with Crippen molar-refractivity contribution in [2.45, 2.75) is 32.8 Å². The quantitative estimate of drug-likeness (QED) is 0.270. The lowest BCUT2D eigenvalue weighted by molar-refractivity contribution is -0.384. The SMILES string of the molecule is CC1=C(C(=O)OCCC#N)C(c2ccc([N+](=O)[O-])cc2)C(C(=O)OCc2ccccc2)=C(C)N1. The Bertz CT molecular complexity index is 1190. The first-order valence-electron chi connectivity index (χ1n) is 10.5. The molecule has 2 aromatic rings. The number of dihydropyridines is 1. The zero-order valence-electron chi connectivity index (χ0n) is 18.7. The summed E-state index contributed by atoms with van der Waals surface area (Å²) in [6.07, 6.45) is 0.0224. The topological polar surface area (TPSA) is 132 Å². The first-order chi connectivity index (χ1) is 16.3. The fourth-order valence-corrected chi connectivity index (χ4v) is 3.72. The van der Waals surface area contributed by atoms with Gasteiger partial charge in [-0.3, -0.25) is 10.1 Å². The summed E-state index contributed by atoms with van der Waals surface area (Å²) in [6, 6.07) is 16.7. The maximum Gasteiger partial charge on any atom is 0.337 e. The van der Waals surface area contributed by atoms with Crippen LogP contribution >= 0.6 is 0 Å². The summed E-state index contributed by atoms with van der Waals surface area (Å²) in [7, 11) is 0. The van der Waals surface area contributed by atoms with Gasteiger partial charge in [-0.25, -0.2) is 9.59 Å². The lowest BCUT2D eigenvalue weighted by Gasteiger charge is -2.30. The molecule has 34 heavy (non-hydrogen) atoms. The average molecular weight is 461 g/mol. The van der Waals surface area contributed by atoms with Crippen molar-refractivity contribution >= 4 is 17.6 Å². The van der Waals surface area contributed by atoms with E-state index >= 15 is 0 Å². The number of nitro groups is 1. The highest BCUT2D eigenvalue weighted by Gasteiger charge is 2.38. The minimum Gasteiger partial charge on any atom is -0.461 e. The number of nitrogens with zero attached hydrogens (tertiary/aromatic N) is 2. The van der Waals surface area contributed by atoms with E-state index in [-0.39, 0.29) is 36.5 Å². The molecule has 0 amide bonds. The van der Waals surface area contributed by atoms with Gasteiger partial charge in [0.05, 0.1) is 34.5 Å². The lowest BCUT2D eigenvalue weighted by atomic mass is 9.80. The monoisotopic (exact) mass is 461 g/mol. The first-order valence-corrected chi connectivity index (χ1v) is 10.5. The number of hydrogen-bond donors (Lipinski definition) is 1. The van der Waals surface area contributed by atoms with E-state index < -0.39 is 22.8 Å². The van der Waals surface area contributed by atoms with E-state index in [0.29, 0.717) is 17.0 Å². The predicted octanol–water partition coefficient (Wildman–Crippen LogP) is 4.03. The second-order valence-corrected chi connectivity index (χ2v) is 7.59. The molecule has 9 heteroatoms. The number of benzene rings is 2. The van der Waals surface area contributed by atoms with E-state index in [9.17, 15) is 19.7 Å². The predicted molar refractivity (Wildman–Crippen MR) is 122 cm³/mol. The Kier molecular flexibility index (Phi) is 7.77. The van der Waals surface area contributed by atoms with Crippen LogP contribution < -0.4 is 5.32 Å². The zero-order valence-corrected chi connectivity index (χ0v) is 18.7. The molecular formula is C25H23N3O6. The van der Waals surface area contributed by atoms with Crippen LogP contribution in [0, 0.1) is 21.4 Å². The Hall–Kier alpha value is -4.45. The Morgan fingerprint density at radius 2 is 1.59 bits per heavy atom. The van der Waals surface area contributed by atoms with Gasteiger partial charge in [0.1, 0.15) is 13.2 Å². The molecule has 1 heterocycles. The fraction of sp³-hybridized carbons (Fsp3) is 0.240. The molecule has 1 unspecified atom stereocenters. The number of esters is 2. The van der Waals surface area contributed by atoms with Gasteiger partial charge in [0.2, 0.25) is 0 Å². The van der Waals surface area contributed by atoms with Gasteiger partial charge in [0.25, 0.3) is 5.69 Å². The molecule has 0 bridgehead atoms. The summed E-state index contributed by atoms with van der Waals surface area (Å²) in [4.78, 5) is 36.8. The van der Waals surface area contributed by atoms with Crippen LogP contribution in [0.15, 0.2) is 77.1 Å². The number of ether oxygens (including phenoxy) is 2. The normalized spacial score (nSPS) is 15.3. The van der Waals surface area contributed by atoms with Gasteiger partial charge < -0.3 is 14.8 Å². The van der Waals surface area contributed by atoms with E-state index in [4.69, 9.17) is 14.7 Å². The molecule has 0 aliphatic carbocycles. The van der Waals surface area contributed by atoms with Crippen LogP contribution in [0.3, 0.4) is 0 Å². The van der Waals surface area contributed by atoms with Crippen molar-refractivity contribution in [1.29, 1.82) is 5.26 Å². The van der Waals surface area contributed by atoms with E-state index in [1.165, 1.54) is 24.3 Å². The standard InChI is InChI=1S/C25H23N3O6/c1-16-21(24(29)33-14-6-13-26)23(19-9-11-20(12-10-19)28(31)32)22(17(2)27-16)25(30)34-15-18-7-4-3-5-8-18/h3-5,7-12,23,27H,6,14-15H2,1-2H3. The van der Waals surface area contributed by atoms with Gasteiger partial charge in [-0.15, -0.1) is 0 Å². The fourth-order valence-electron chi connectivity index (χ4n) is 3.72. The summed E-state index contributed by atoms with van der Waals surface area (Å²) in [5.41, 5.74) is 2.50. The highest BCUT2D eigenvalue weighted by molar-refractivity contribution is 5.99. The van der Waals surface area contributed by atoms with Crippen molar-refractivity contribution in [3.05, 3.63) is 98.4 Å². The van der Waals surface area contributed by atoms with Crippen LogP contribution in [-0.2, 0) is 25.7 Å². The lowest BCUT2D eigenvalue weighted by Crippen LogP contribution is -2.32. The third kappa shape index (κ3) is 5.48. The van der Waals surface area contributed by atoms with Crippen molar-refractivity contribution in [1.82, 2.24) is 5.32 Å². The highest BCUT2D eigenvalue weighted by Crippen LogP contribution is 2.39. The van der Waals surface area contributed by atoms with Gasteiger partial charge in [0, 0.05) is 23.5 Å². The molecule has 0 aromatic heterocycles. The average Bonchev–Trinajstić information content (AvgIpc) is 2.83. The van der Waals surface area contributed by atoms with Crippen LogP contribution in [0.1, 0.15) is 37.3 Å². The Morgan fingerprint density at radius 1 is 1.00 bits per heavy atom. The zero-order chi connectivity index (χ0) is 24.7. The Morgan fingerprint density at radius 3 is 2.15 bits per heavy atom. The molecule has 2 aromatic carbocycles. The Balaban J connectivity index is 1.99. The first kappa shape index (κ1) is 24.2. The molecule has 1 atom stereocenters. The number of allylic oxidation sites excluding steroid dienone is 2. The molecule has 1 N–H and O–H groups in total. The van der Waals surface area contributed by atoms with Crippen LogP contribution in [0.5, 0.6) is 0 Å². The molecule has 0 radical (unpaired) electrons. The highest BCUT2D eigenvalue weighted by atomic mass is 16.6. The van der Waals surface area contributed by atoms with E-state index in [1.807, 2.05) is 36.4 Å². The molecule has 3 rings (SSSR count). The van der Waals surface area contributed by atoms with E-state index in [2.05, 4.69) is 5.32 Å². The molecule has 0 fully saturated rings. The van der Waals surface area contributed by atoms with Crippen molar-refractivity contribution in [2.24, 2.45) is 0 Å². The van der Waals surface area contributed by atoms with E-state index in [1.54, 1.807) is 13.8 Å². The smallest absolute Gasteiger partial charge is 0.337 e. The van der Waals surface area contributed by atoms with Crippen molar-refractivity contribution in [3.63, 3.8) is 0 Å². The number of carbonyl (C=O) groups excluding carboxylic acids is 2. The summed E-state index contributed by atoms with van der Waals surface area (Å²) in [6.45, 7) is 3.30. The number of nitriles is 1. The third-order valence-corrected chi connectivity index (χ3v) is 5.30. The van der Waals surface area contributed by atoms with Gasteiger partial charge in [-0.2, -0.15) is 5.26 Å². The minimum atomic E-state index is -0.875. The maximum absolute atomic E-state index is 13.2. The van der Waals surface area contributed by atoms with Crippen molar-refractivity contribution in [2.75, 3.05) is 6.61 Å². The molecule has 0 saturated carbocycles. The minimum absolute atomic E-state index is 0.0224. The van der Waals surface area contributed by atoms with Gasteiger partial charge in [-0.1, -0.05) is 42.5 Å². The van der Waals surface area contributed by atoms with Gasteiger partial charge >= 0.3 is 11.9 Å². The van der Waals surface area contributed by atoms with Gasteiger partial charge in [-0.05, 0) is 25.0 Å². The van der Waals surface area contributed by atoms with Gasteiger partial charge in [0.15, 0.2) is 0 Å². The summed E-state index contributed by atoms with van der Waals surface area (Å²) in [5.74, 6) is -2.20. The van der Waals surface area contributed by atoms with Crippen LogP contribution in [0.25, 0.3) is 0 Å². The number of non-ortho nitro benzene ring substituents is 1. The number of nitro benzene ring substituents is 1. The second-order valence-electron chi connectivity index (χ2n) is 7.59. The molecule has 1 aliphatic rings. The number of nitrogens with one attached hydrogen (secondary N) is 1. The van der Waals surface area contributed by atoms with E-state index in [0.717, 1.165) is 5.56 Å². The maximum atomic E-state index is 13.2. The number of carbonyl (C=O) groups is 2. The molecule has 1 aliphatic heterocycles. The summed E-state index contributed by atoms with van der Waals surface area (Å²) >= 11 is 0. The second kappa shape index (κ2) is 10.9. The van der Waals surface area contributed by atoms with Crippen LogP contribution in [-0.4, -0.2) is 23.5 Å². The molecule has 0 spiro atoms. The van der Waals surface area contributed by atoms with Crippen molar-refractivity contribution < 1.29 is 24.0 Å². The molecule has 9 nitrogen and oxygen atoms in total. The summed E-state index contributed by atoms with van der Waals surface area (Å²) in [5, 5.41) is 22.9. The third-order valence-electron chi connectivity index (χ3n) is 5.30.